The molecule has 1 saturated carbocycles. The number of nitrogens with one attached hydrogen (secondary N) is 2. The van der Waals surface area contributed by atoms with Crippen LogP contribution in [-0.2, 0) is 16.1 Å². The van der Waals surface area contributed by atoms with Crippen LogP contribution in [0.4, 0.5) is 21.5 Å². The number of carbonyl (C=O) groups is 3. The SMILES string of the molecule is Cc1ccc(-c2c(C)noc2C)cc1N(CC1CCC(CNc2cc3c(cc2F)CN(C2CCC(=O)NC2=O)C3=O)CC1)c1ccc(C#N)c(Cl)c1. The van der Waals surface area contributed by atoms with Crippen molar-refractivity contribution in [2.24, 2.45) is 11.8 Å². The molecule has 3 amide bonds. The number of nitriles is 1. The Morgan fingerprint density at radius 3 is 2.50 bits per heavy atom. The molecule has 3 aliphatic rings. The van der Waals surface area contributed by atoms with Crippen molar-refractivity contribution in [3.8, 4) is 17.2 Å². The van der Waals surface area contributed by atoms with Crippen molar-refractivity contribution in [2.75, 3.05) is 23.3 Å². The summed E-state index contributed by atoms with van der Waals surface area (Å²) in [4.78, 5) is 41.0. The quantitative estimate of drug-likeness (QED) is 0.168. The summed E-state index contributed by atoms with van der Waals surface area (Å²) in [7, 11) is 0. The normalized spacial score (nSPS) is 20.0. The molecule has 1 aromatic heterocycles. The predicted molar refractivity (Wildman–Crippen MR) is 196 cm³/mol. The number of hydrogen-bond donors (Lipinski definition) is 2. The Morgan fingerprint density at radius 1 is 1.04 bits per heavy atom. The molecule has 0 radical (unpaired) electrons. The molecule has 268 valence electrons. The van der Waals surface area contributed by atoms with Gasteiger partial charge in [0, 0.05) is 48.6 Å². The molecule has 2 fully saturated rings. The van der Waals surface area contributed by atoms with Crippen LogP contribution in [0.25, 0.3) is 11.1 Å². The third-order valence-corrected chi connectivity index (χ3v) is 11.1. The first-order valence-corrected chi connectivity index (χ1v) is 18.1. The number of nitrogens with zero attached hydrogens (tertiary/aromatic N) is 4. The zero-order valence-electron chi connectivity index (χ0n) is 29.4. The van der Waals surface area contributed by atoms with Gasteiger partial charge in [-0.05, 0) is 118 Å². The van der Waals surface area contributed by atoms with Gasteiger partial charge in [-0.25, -0.2) is 4.39 Å². The molecule has 4 aromatic rings. The molecule has 12 heteroatoms. The molecule has 1 aliphatic carbocycles. The molecule has 3 aromatic carbocycles. The molecule has 1 saturated heterocycles. The molecule has 0 spiro atoms. The zero-order valence-corrected chi connectivity index (χ0v) is 30.1. The third kappa shape index (κ3) is 6.87. The van der Waals surface area contributed by atoms with Crippen molar-refractivity contribution in [3.05, 3.63) is 93.1 Å². The number of fused-ring (bicyclic) bond motifs is 1. The molecule has 52 heavy (non-hydrogen) atoms. The largest absolute Gasteiger partial charge is 0.382 e. The lowest BCUT2D eigenvalue weighted by Crippen LogP contribution is -2.52. The van der Waals surface area contributed by atoms with Gasteiger partial charge in [0.2, 0.25) is 11.8 Å². The molecule has 7 rings (SSSR count). The molecule has 1 atom stereocenters. The van der Waals surface area contributed by atoms with E-state index in [2.05, 4.69) is 51.9 Å². The molecule has 3 heterocycles. The van der Waals surface area contributed by atoms with Crippen LogP contribution in [0.2, 0.25) is 5.02 Å². The molecule has 0 bridgehead atoms. The summed E-state index contributed by atoms with van der Waals surface area (Å²) in [6.07, 6.45) is 4.27. The molecule has 1 unspecified atom stereocenters. The van der Waals surface area contributed by atoms with Gasteiger partial charge in [0.1, 0.15) is 23.7 Å². The van der Waals surface area contributed by atoms with Crippen molar-refractivity contribution in [1.29, 1.82) is 5.26 Å². The highest BCUT2D eigenvalue weighted by molar-refractivity contribution is 6.32. The number of hydrogen-bond acceptors (Lipinski definition) is 8. The lowest BCUT2D eigenvalue weighted by Gasteiger charge is -2.35. The number of benzene rings is 3. The smallest absolute Gasteiger partial charge is 0.255 e. The standard InChI is InChI=1S/C40H40ClFN6O4/c1-22-4-9-27(38-23(2)46-52-24(38)3)15-36(22)47(30-11-10-28(18-43)32(41)16-30)20-26-7-5-25(6-8-26)19-44-34-17-31-29(14-33(34)42)21-48(40(31)51)35-12-13-37(49)45-39(35)50/h4,9-11,14-17,25-26,35,44H,5-8,12-13,19-21H2,1-3H3,(H,45,49,50). The number of piperidine rings is 1. The van der Waals surface area contributed by atoms with E-state index >= 15 is 4.39 Å². The Hall–Kier alpha value is -5.21. The highest BCUT2D eigenvalue weighted by Gasteiger charge is 2.39. The van der Waals surface area contributed by atoms with Crippen LogP contribution in [0.3, 0.4) is 0 Å². The number of anilines is 3. The summed E-state index contributed by atoms with van der Waals surface area (Å²) >= 11 is 6.55. The molecule has 10 nitrogen and oxygen atoms in total. The van der Waals surface area contributed by atoms with E-state index < -0.39 is 17.8 Å². The number of aryl methyl sites for hydroxylation is 3. The Kier molecular flexibility index (Phi) is 9.77. The Balaban J connectivity index is 1.03. The fraction of sp³-hybridized carbons (Fsp3) is 0.375. The van der Waals surface area contributed by atoms with Crippen LogP contribution in [0.5, 0.6) is 0 Å². The van der Waals surface area contributed by atoms with Crippen molar-refractivity contribution >= 4 is 46.4 Å². The van der Waals surface area contributed by atoms with E-state index in [1.165, 1.54) is 11.0 Å². The molecular formula is C40H40ClFN6O4. The van der Waals surface area contributed by atoms with Gasteiger partial charge in [-0.1, -0.05) is 28.9 Å². The highest BCUT2D eigenvalue weighted by Crippen LogP contribution is 2.39. The maximum absolute atomic E-state index is 15.3. The number of imide groups is 1. The van der Waals surface area contributed by atoms with Gasteiger partial charge in [-0.2, -0.15) is 5.26 Å². The van der Waals surface area contributed by atoms with Crippen LogP contribution in [0, 0.1) is 49.8 Å². The minimum Gasteiger partial charge on any atom is -0.382 e. The van der Waals surface area contributed by atoms with Crippen LogP contribution in [0.1, 0.15) is 77.0 Å². The van der Waals surface area contributed by atoms with Crippen molar-refractivity contribution in [2.45, 2.75) is 71.9 Å². The number of halogens is 2. The fourth-order valence-corrected chi connectivity index (χ4v) is 8.13. The van der Waals surface area contributed by atoms with Crippen LogP contribution >= 0.6 is 11.6 Å². The highest BCUT2D eigenvalue weighted by atomic mass is 35.5. The minimum absolute atomic E-state index is 0.136. The first-order chi connectivity index (χ1) is 25.0. The Morgan fingerprint density at radius 2 is 1.81 bits per heavy atom. The second kappa shape index (κ2) is 14.4. The van der Waals surface area contributed by atoms with Gasteiger partial charge in [0.25, 0.3) is 5.91 Å². The van der Waals surface area contributed by atoms with Crippen molar-refractivity contribution in [3.63, 3.8) is 0 Å². The lowest BCUT2D eigenvalue weighted by atomic mass is 9.81. The fourth-order valence-electron chi connectivity index (χ4n) is 7.91. The van der Waals surface area contributed by atoms with Gasteiger partial charge >= 0.3 is 0 Å². The topological polar surface area (TPSA) is 132 Å². The molecule has 2 aliphatic heterocycles. The van der Waals surface area contributed by atoms with Gasteiger partial charge in [0.15, 0.2) is 0 Å². The van der Waals surface area contributed by atoms with E-state index in [1.54, 1.807) is 12.1 Å². The maximum Gasteiger partial charge on any atom is 0.255 e. The van der Waals surface area contributed by atoms with Gasteiger partial charge in [-0.3, -0.25) is 19.7 Å². The van der Waals surface area contributed by atoms with Crippen LogP contribution in [-0.4, -0.2) is 46.9 Å². The van der Waals surface area contributed by atoms with E-state index in [4.69, 9.17) is 16.1 Å². The van der Waals surface area contributed by atoms with E-state index in [1.807, 2.05) is 26.0 Å². The molecule has 2 N–H and O–H groups in total. The number of carbonyl (C=O) groups excluding carboxylic acids is 3. The summed E-state index contributed by atoms with van der Waals surface area (Å²) in [6.45, 7) is 7.39. The van der Waals surface area contributed by atoms with Crippen molar-refractivity contribution in [1.82, 2.24) is 15.4 Å². The average molecular weight is 723 g/mol. The molecular weight excluding hydrogens is 683 g/mol. The second-order valence-corrected chi connectivity index (χ2v) is 14.7. The summed E-state index contributed by atoms with van der Waals surface area (Å²) in [5.74, 6) is -0.142. The monoisotopic (exact) mass is 722 g/mol. The summed E-state index contributed by atoms with van der Waals surface area (Å²) in [5.41, 5.74) is 7.49. The summed E-state index contributed by atoms with van der Waals surface area (Å²) < 4.78 is 20.7. The van der Waals surface area contributed by atoms with E-state index in [0.29, 0.717) is 40.1 Å². The number of rotatable bonds is 9. The second-order valence-electron chi connectivity index (χ2n) is 14.2. The van der Waals surface area contributed by atoms with Crippen LogP contribution < -0.4 is 15.5 Å². The van der Waals surface area contributed by atoms with Crippen LogP contribution in [0.15, 0.2) is 53.1 Å². The van der Waals surface area contributed by atoms with Crippen molar-refractivity contribution < 1.29 is 23.3 Å². The first-order valence-electron chi connectivity index (χ1n) is 17.7. The van der Waals surface area contributed by atoms with Gasteiger partial charge < -0.3 is 19.6 Å². The van der Waals surface area contributed by atoms with E-state index in [9.17, 15) is 19.6 Å². The van der Waals surface area contributed by atoms with E-state index in [-0.39, 0.29) is 36.9 Å². The third-order valence-electron chi connectivity index (χ3n) is 10.8. The first kappa shape index (κ1) is 35.2. The average Bonchev–Trinajstić information content (AvgIpc) is 3.63. The van der Waals surface area contributed by atoms with E-state index in [0.717, 1.165) is 71.7 Å². The van der Waals surface area contributed by atoms with Gasteiger partial charge in [0.05, 0.1) is 22.0 Å². The number of amides is 3. The minimum atomic E-state index is -0.743. The predicted octanol–water partition coefficient (Wildman–Crippen LogP) is 7.75. The summed E-state index contributed by atoms with van der Waals surface area (Å²) in [5, 5.41) is 19.7. The maximum atomic E-state index is 15.3. The Labute approximate surface area is 306 Å². The number of aromatic nitrogens is 1. The van der Waals surface area contributed by atoms with Gasteiger partial charge in [-0.15, -0.1) is 0 Å². The summed E-state index contributed by atoms with van der Waals surface area (Å²) in [6, 6.07) is 16.3. The Bertz CT molecular complexity index is 2100. The lowest BCUT2D eigenvalue weighted by molar-refractivity contribution is -0.136. The zero-order chi connectivity index (χ0) is 36.7.